The third-order valence-electron chi connectivity index (χ3n) is 5.01. The largest absolute Gasteiger partial charge is 0.490 e. The number of ether oxygens (including phenoxy) is 1. The number of hydrogen-bond donors (Lipinski definition) is 3. The number of rotatable bonds is 5. The van der Waals surface area contributed by atoms with Gasteiger partial charge in [0.15, 0.2) is 0 Å². The van der Waals surface area contributed by atoms with Crippen LogP contribution < -0.4 is 5.32 Å². The molecule has 0 aliphatic carbocycles. The number of hydrogen-bond acceptors (Lipinski definition) is 6. The summed E-state index contributed by atoms with van der Waals surface area (Å²) in [7, 11) is 0. The molecular weight excluding hydrogens is 504 g/mol. The second-order valence-corrected chi connectivity index (χ2v) is 8.42. The highest BCUT2D eigenvalue weighted by molar-refractivity contribution is 5.93. The fraction of sp³-hybridized carbons (Fsp3) is 0.619. The van der Waals surface area contributed by atoms with Gasteiger partial charge in [-0.1, -0.05) is 13.8 Å². The van der Waals surface area contributed by atoms with Crippen LogP contribution in [0.2, 0.25) is 0 Å². The molecule has 0 saturated carbocycles. The van der Waals surface area contributed by atoms with E-state index in [0.29, 0.717) is 5.92 Å². The van der Waals surface area contributed by atoms with Gasteiger partial charge in [-0.3, -0.25) is 14.7 Å². The zero-order chi connectivity index (χ0) is 27.7. The number of carbonyl (C=O) groups is 3. The van der Waals surface area contributed by atoms with Crippen molar-refractivity contribution in [1.29, 1.82) is 0 Å². The Morgan fingerprint density at radius 1 is 1.11 bits per heavy atom. The maximum atomic E-state index is 12.5. The lowest BCUT2D eigenvalue weighted by molar-refractivity contribution is -0.193. The lowest BCUT2D eigenvalue weighted by atomic mass is 9.99. The van der Waals surface area contributed by atoms with Gasteiger partial charge >= 0.3 is 24.3 Å². The number of halogens is 6. The Balaban J connectivity index is 0.000000383. The van der Waals surface area contributed by atoms with Crippen molar-refractivity contribution in [3.63, 3.8) is 0 Å². The quantitative estimate of drug-likeness (QED) is 0.493. The molecule has 0 unspecified atom stereocenters. The van der Waals surface area contributed by atoms with E-state index in [1.807, 2.05) is 12.1 Å². The standard InChI is InChI=1S/C17H25N3O2.2C2HF3O2/c1-12(2)5-7-20-10-14-8-15(16(11-20)22-14)17(21)19-13-4-3-6-18-9-13;2*3-2(4,5)1(6)7/h3-4,6,9,12,14-16H,5,7-8,10-11H2,1-2H3,(H,19,21);2*(H,6,7)/t14-,15+,16-;;/m1../s1. The molecule has 2 bridgehead atoms. The number of carboxylic acids is 2. The van der Waals surface area contributed by atoms with Gasteiger partial charge in [-0.2, -0.15) is 26.3 Å². The SMILES string of the molecule is CC(C)CCN1C[C@H]2C[C@H](C(=O)Nc3cccnc3)[C@@H](C1)O2.O=C(O)C(F)(F)F.O=C(O)C(F)(F)F. The predicted octanol–water partition coefficient (Wildman–Crippen LogP) is 3.42. The molecule has 1 amide bonds. The number of nitrogens with zero attached hydrogens (tertiary/aromatic N) is 2. The van der Waals surface area contributed by atoms with Gasteiger partial charge in [-0.25, -0.2) is 9.59 Å². The second kappa shape index (κ2) is 13.4. The number of anilines is 1. The summed E-state index contributed by atoms with van der Waals surface area (Å²) < 4.78 is 69.5. The number of fused-ring (bicyclic) bond motifs is 2. The normalized spacial score (nSPS) is 21.5. The second-order valence-electron chi connectivity index (χ2n) is 8.42. The first-order chi connectivity index (χ1) is 16.5. The molecule has 3 atom stereocenters. The average molecular weight is 531 g/mol. The molecule has 3 N–H and O–H groups in total. The molecular formula is C21H27F6N3O6. The van der Waals surface area contributed by atoms with E-state index < -0.39 is 24.3 Å². The summed E-state index contributed by atoms with van der Waals surface area (Å²) in [4.78, 5) is 36.8. The zero-order valence-electron chi connectivity index (χ0n) is 19.3. The van der Waals surface area contributed by atoms with Crippen LogP contribution in [0.1, 0.15) is 26.7 Å². The van der Waals surface area contributed by atoms with Gasteiger partial charge in [0.1, 0.15) is 0 Å². The number of morpholine rings is 1. The molecule has 36 heavy (non-hydrogen) atoms. The van der Waals surface area contributed by atoms with Crippen molar-refractivity contribution in [3.05, 3.63) is 24.5 Å². The zero-order valence-corrected chi connectivity index (χ0v) is 19.3. The van der Waals surface area contributed by atoms with Crippen molar-refractivity contribution in [3.8, 4) is 0 Å². The average Bonchev–Trinajstić information content (AvgIpc) is 3.06. The highest BCUT2D eigenvalue weighted by atomic mass is 19.4. The van der Waals surface area contributed by atoms with E-state index >= 15 is 0 Å². The van der Waals surface area contributed by atoms with Crippen LogP contribution in [-0.2, 0) is 19.1 Å². The van der Waals surface area contributed by atoms with Gasteiger partial charge in [-0.05, 0) is 37.4 Å². The monoisotopic (exact) mass is 531 g/mol. The first-order valence-corrected chi connectivity index (χ1v) is 10.7. The summed E-state index contributed by atoms with van der Waals surface area (Å²) in [5.74, 6) is -4.79. The number of aromatic nitrogens is 1. The molecule has 15 heteroatoms. The molecule has 0 radical (unpaired) electrons. The lowest BCUT2D eigenvalue weighted by Gasteiger charge is -2.33. The fourth-order valence-electron chi connectivity index (χ4n) is 3.31. The molecule has 1 aromatic rings. The van der Waals surface area contributed by atoms with Crippen LogP contribution in [0.5, 0.6) is 0 Å². The number of amides is 1. The van der Waals surface area contributed by atoms with Crippen molar-refractivity contribution in [1.82, 2.24) is 9.88 Å². The van der Waals surface area contributed by atoms with Gasteiger partial charge in [0.25, 0.3) is 0 Å². The van der Waals surface area contributed by atoms with E-state index in [-0.39, 0.29) is 24.0 Å². The molecule has 0 spiro atoms. The first kappa shape index (κ1) is 31.1. The van der Waals surface area contributed by atoms with E-state index in [1.54, 1.807) is 12.4 Å². The van der Waals surface area contributed by atoms with Gasteiger partial charge in [0.05, 0.1) is 30.0 Å². The molecule has 1 aromatic heterocycles. The minimum absolute atomic E-state index is 0.0302. The number of carboxylic acid groups (broad SMARTS) is 2. The van der Waals surface area contributed by atoms with Gasteiger partial charge in [-0.15, -0.1) is 0 Å². The van der Waals surface area contributed by atoms with E-state index in [0.717, 1.165) is 31.7 Å². The Morgan fingerprint density at radius 3 is 2.11 bits per heavy atom. The summed E-state index contributed by atoms with van der Waals surface area (Å²) in [6, 6.07) is 3.69. The third-order valence-corrected chi connectivity index (χ3v) is 5.01. The first-order valence-electron chi connectivity index (χ1n) is 10.7. The topological polar surface area (TPSA) is 129 Å². The molecule has 2 fully saturated rings. The molecule has 0 aromatic carbocycles. The summed E-state index contributed by atoms with van der Waals surface area (Å²) >= 11 is 0. The van der Waals surface area contributed by atoms with Crippen LogP contribution in [0.4, 0.5) is 32.0 Å². The molecule has 2 saturated heterocycles. The van der Waals surface area contributed by atoms with Gasteiger partial charge < -0.3 is 20.3 Å². The Kier molecular flexibility index (Phi) is 11.6. The number of pyridine rings is 1. The summed E-state index contributed by atoms with van der Waals surface area (Å²) in [5.41, 5.74) is 0.755. The Morgan fingerprint density at radius 2 is 1.67 bits per heavy atom. The Labute approximate surface area is 202 Å². The van der Waals surface area contributed by atoms with Crippen LogP contribution in [-0.4, -0.2) is 82.1 Å². The van der Waals surface area contributed by atoms with E-state index in [9.17, 15) is 31.1 Å². The fourth-order valence-corrected chi connectivity index (χ4v) is 3.31. The van der Waals surface area contributed by atoms with Crippen LogP contribution >= 0.6 is 0 Å². The van der Waals surface area contributed by atoms with Crippen molar-refractivity contribution in [2.75, 3.05) is 25.0 Å². The third kappa shape index (κ3) is 11.2. The molecule has 204 valence electrons. The smallest absolute Gasteiger partial charge is 0.475 e. The summed E-state index contributed by atoms with van der Waals surface area (Å²) in [6.45, 7) is 7.43. The summed E-state index contributed by atoms with van der Waals surface area (Å²) in [6.07, 6.45) is -4.53. The number of aliphatic carboxylic acids is 2. The van der Waals surface area contributed by atoms with Crippen LogP contribution in [0.15, 0.2) is 24.5 Å². The Hall–Kier alpha value is -2.94. The maximum Gasteiger partial charge on any atom is 0.490 e. The van der Waals surface area contributed by atoms with Gasteiger partial charge in [0, 0.05) is 19.3 Å². The van der Waals surface area contributed by atoms with Crippen LogP contribution in [0, 0.1) is 11.8 Å². The molecule has 2 aliphatic heterocycles. The number of alkyl halides is 6. The van der Waals surface area contributed by atoms with Crippen molar-refractivity contribution < 1.29 is 55.7 Å². The van der Waals surface area contributed by atoms with E-state index in [2.05, 4.69) is 29.0 Å². The highest BCUT2D eigenvalue weighted by Crippen LogP contribution is 2.33. The number of nitrogens with one attached hydrogen (secondary N) is 1. The number of likely N-dealkylation sites (tertiary alicyclic amines) is 1. The molecule has 9 nitrogen and oxygen atoms in total. The van der Waals surface area contributed by atoms with Crippen LogP contribution in [0.25, 0.3) is 0 Å². The maximum absolute atomic E-state index is 12.5. The lowest BCUT2D eigenvalue weighted by Crippen LogP contribution is -2.45. The Bertz CT molecular complexity index is 842. The van der Waals surface area contributed by atoms with Gasteiger partial charge in [0.2, 0.25) is 5.91 Å². The summed E-state index contributed by atoms with van der Waals surface area (Å²) in [5, 5.41) is 17.2. The van der Waals surface area contributed by atoms with Crippen molar-refractivity contribution >= 4 is 23.5 Å². The molecule has 3 rings (SSSR count). The minimum atomic E-state index is -5.08. The highest BCUT2D eigenvalue weighted by Gasteiger charge is 2.44. The van der Waals surface area contributed by atoms with Crippen LogP contribution in [0.3, 0.4) is 0 Å². The number of carbonyl (C=O) groups excluding carboxylic acids is 1. The predicted molar refractivity (Wildman–Crippen MR) is 113 cm³/mol. The minimum Gasteiger partial charge on any atom is -0.475 e. The molecule has 2 aliphatic rings. The van der Waals surface area contributed by atoms with E-state index in [1.165, 1.54) is 6.42 Å². The van der Waals surface area contributed by atoms with Crippen molar-refractivity contribution in [2.24, 2.45) is 11.8 Å². The van der Waals surface area contributed by atoms with E-state index in [4.69, 9.17) is 24.5 Å². The van der Waals surface area contributed by atoms with Crippen molar-refractivity contribution in [2.45, 2.75) is 51.2 Å². The molecule has 3 heterocycles.